The normalized spacial score (nSPS) is 16.4. The van der Waals surface area contributed by atoms with Crippen LogP contribution in [-0.2, 0) is 0 Å². The molecule has 0 unspecified atom stereocenters. The van der Waals surface area contributed by atoms with E-state index in [9.17, 15) is 4.79 Å². The number of benzene rings is 1. The number of pyridine rings is 1. The van der Waals surface area contributed by atoms with Gasteiger partial charge in [-0.15, -0.1) is 0 Å². The smallest absolute Gasteiger partial charge is 0.261 e. The van der Waals surface area contributed by atoms with Gasteiger partial charge in [-0.2, -0.15) is 0 Å². The fraction of sp³-hybridized carbons (Fsp3) is 0.381. The molecule has 0 N–H and O–H groups in total. The standard InChI is InChI=1S/C21H22N4O4/c1-27-20-16-6-5-15(12-17(16)29-23-20)25-9-10-28-18-11-14(13-22-19(18)25)21(26)24-7-3-2-4-8-24/h5-6,11-13H,2-4,7-10H2,1H3. The fourth-order valence-corrected chi connectivity index (χ4v) is 3.97. The number of anilines is 2. The highest BCUT2D eigenvalue weighted by Gasteiger charge is 2.25. The molecule has 2 aliphatic heterocycles. The van der Waals surface area contributed by atoms with Gasteiger partial charge in [0.25, 0.3) is 11.8 Å². The Morgan fingerprint density at radius 2 is 2.00 bits per heavy atom. The van der Waals surface area contributed by atoms with Gasteiger partial charge in [-0.3, -0.25) is 4.79 Å². The number of amides is 1. The molecule has 1 amide bonds. The zero-order valence-electron chi connectivity index (χ0n) is 16.3. The number of fused-ring (bicyclic) bond motifs is 2. The summed E-state index contributed by atoms with van der Waals surface area (Å²) in [7, 11) is 1.57. The van der Waals surface area contributed by atoms with Gasteiger partial charge in [-0.1, -0.05) is 0 Å². The van der Waals surface area contributed by atoms with Crippen molar-refractivity contribution in [3.05, 3.63) is 36.0 Å². The van der Waals surface area contributed by atoms with Crippen molar-refractivity contribution in [1.82, 2.24) is 15.0 Å². The molecule has 8 nitrogen and oxygen atoms in total. The number of aromatic nitrogens is 2. The molecule has 1 fully saturated rings. The maximum atomic E-state index is 12.8. The molecule has 150 valence electrons. The Morgan fingerprint density at radius 1 is 1.14 bits per heavy atom. The second-order valence-corrected chi connectivity index (χ2v) is 7.27. The quantitative estimate of drug-likeness (QED) is 0.673. The first-order valence-corrected chi connectivity index (χ1v) is 9.87. The van der Waals surface area contributed by atoms with Crippen molar-refractivity contribution in [2.75, 3.05) is 38.3 Å². The zero-order valence-corrected chi connectivity index (χ0v) is 16.3. The number of nitrogens with zero attached hydrogens (tertiary/aromatic N) is 4. The van der Waals surface area contributed by atoms with E-state index in [0.717, 1.165) is 37.0 Å². The van der Waals surface area contributed by atoms with Crippen molar-refractivity contribution < 1.29 is 18.8 Å². The molecule has 8 heteroatoms. The molecule has 3 aromatic rings. The lowest BCUT2D eigenvalue weighted by Gasteiger charge is -2.31. The third kappa shape index (κ3) is 3.14. The van der Waals surface area contributed by atoms with E-state index >= 15 is 0 Å². The number of carbonyl (C=O) groups excluding carboxylic acids is 1. The molecule has 1 aromatic carbocycles. The number of likely N-dealkylation sites (tertiary alicyclic amines) is 1. The van der Waals surface area contributed by atoms with Crippen molar-refractivity contribution >= 4 is 28.4 Å². The molecule has 29 heavy (non-hydrogen) atoms. The van der Waals surface area contributed by atoms with E-state index in [1.54, 1.807) is 19.4 Å². The molecule has 0 saturated carbocycles. The van der Waals surface area contributed by atoms with Gasteiger partial charge in [0.05, 0.1) is 24.6 Å². The van der Waals surface area contributed by atoms with Gasteiger partial charge in [-0.25, -0.2) is 4.98 Å². The monoisotopic (exact) mass is 394 g/mol. The highest BCUT2D eigenvalue weighted by Crippen LogP contribution is 2.37. The lowest BCUT2D eigenvalue weighted by Crippen LogP contribution is -2.36. The van der Waals surface area contributed by atoms with Crippen LogP contribution in [0.5, 0.6) is 11.6 Å². The number of ether oxygens (including phenoxy) is 2. The van der Waals surface area contributed by atoms with Crippen LogP contribution in [0.1, 0.15) is 29.6 Å². The third-order valence-electron chi connectivity index (χ3n) is 5.48. The minimum atomic E-state index is 0.0240. The summed E-state index contributed by atoms with van der Waals surface area (Å²) in [4.78, 5) is 21.3. The first-order valence-electron chi connectivity index (χ1n) is 9.87. The van der Waals surface area contributed by atoms with E-state index in [1.165, 1.54) is 6.42 Å². The fourth-order valence-electron chi connectivity index (χ4n) is 3.97. The van der Waals surface area contributed by atoms with Gasteiger partial charge < -0.3 is 23.8 Å². The summed E-state index contributed by atoms with van der Waals surface area (Å²) in [5.74, 6) is 1.80. The van der Waals surface area contributed by atoms with E-state index in [-0.39, 0.29) is 5.91 Å². The number of carbonyl (C=O) groups is 1. The molecule has 1 saturated heterocycles. The molecular weight excluding hydrogens is 372 g/mol. The van der Waals surface area contributed by atoms with E-state index in [2.05, 4.69) is 15.0 Å². The lowest BCUT2D eigenvalue weighted by molar-refractivity contribution is 0.0723. The number of methoxy groups -OCH3 is 1. The summed E-state index contributed by atoms with van der Waals surface area (Å²) in [6.45, 7) is 2.77. The second-order valence-electron chi connectivity index (χ2n) is 7.27. The Balaban J connectivity index is 1.45. The first-order chi connectivity index (χ1) is 14.2. The van der Waals surface area contributed by atoms with Gasteiger partial charge in [0.1, 0.15) is 6.61 Å². The summed E-state index contributed by atoms with van der Waals surface area (Å²) < 4.78 is 16.4. The van der Waals surface area contributed by atoms with Crippen LogP contribution in [0.3, 0.4) is 0 Å². The number of piperidine rings is 1. The maximum Gasteiger partial charge on any atom is 0.261 e. The molecule has 2 aromatic heterocycles. The van der Waals surface area contributed by atoms with E-state index in [1.807, 2.05) is 23.1 Å². The van der Waals surface area contributed by atoms with Crippen molar-refractivity contribution in [2.45, 2.75) is 19.3 Å². The minimum Gasteiger partial charge on any atom is -0.488 e. The summed E-state index contributed by atoms with van der Waals surface area (Å²) in [5, 5.41) is 4.74. The maximum absolute atomic E-state index is 12.8. The molecule has 0 spiro atoms. The minimum absolute atomic E-state index is 0.0240. The highest BCUT2D eigenvalue weighted by molar-refractivity contribution is 5.95. The Bertz CT molecular complexity index is 1060. The Kier molecular flexibility index (Phi) is 4.46. The van der Waals surface area contributed by atoms with Crippen LogP contribution in [0.15, 0.2) is 35.0 Å². The topological polar surface area (TPSA) is 80.9 Å². The van der Waals surface area contributed by atoms with Crippen molar-refractivity contribution in [1.29, 1.82) is 0 Å². The van der Waals surface area contributed by atoms with Crippen molar-refractivity contribution in [3.63, 3.8) is 0 Å². The van der Waals surface area contributed by atoms with Crippen LogP contribution >= 0.6 is 0 Å². The molecule has 0 atom stereocenters. The predicted molar refractivity (Wildman–Crippen MR) is 107 cm³/mol. The van der Waals surface area contributed by atoms with Crippen LogP contribution in [-0.4, -0.2) is 54.3 Å². The molecule has 2 aliphatic rings. The van der Waals surface area contributed by atoms with Gasteiger partial charge in [0.2, 0.25) is 0 Å². The summed E-state index contributed by atoms with van der Waals surface area (Å²) in [5.41, 5.74) is 2.13. The SMILES string of the molecule is COc1noc2cc(N3CCOc4cc(C(=O)N5CCCCC5)cnc43)ccc12. The van der Waals surface area contributed by atoms with Gasteiger partial charge >= 0.3 is 0 Å². The average molecular weight is 394 g/mol. The van der Waals surface area contributed by atoms with Crippen molar-refractivity contribution in [2.24, 2.45) is 0 Å². The number of hydrogen-bond acceptors (Lipinski definition) is 7. The van der Waals surface area contributed by atoms with E-state index in [4.69, 9.17) is 14.0 Å². The van der Waals surface area contributed by atoms with Crippen LogP contribution < -0.4 is 14.4 Å². The highest BCUT2D eigenvalue weighted by atomic mass is 16.5. The zero-order chi connectivity index (χ0) is 19.8. The molecular formula is C21H22N4O4. The predicted octanol–water partition coefficient (Wildman–Crippen LogP) is 3.39. The average Bonchev–Trinajstić information content (AvgIpc) is 3.20. The van der Waals surface area contributed by atoms with Gasteiger partial charge in [0.15, 0.2) is 17.2 Å². The molecule has 5 rings (SSSR count). The van der Waals surface area contributed by atoms with Crippen LogP contribution in [0, 0.1) is 0 Å². The molecule has 4 heterocycles. The Labute approximate surface area is 168 Å². The van der Waals surface area contributed by atoms with Gasteiger partial charge in [-0.05, 0) is 42.6 Å². The number of hydrogen-bond donors (Lipinski definition) is 0. The van der Waals surface area contributed by atoms with E-state index in [0.29, 0.717) is 41.7 Å². The van der Waals surface area contributed by atoms with E-state index < -0.39 is 0 Å². The summed E-state index contributed by atoms with van der Waals surface area (Å²) >= 11 is 0. The Morgan fingerprint density at radius 3 is 2.83 bits per heavy atom. The second kappa shape index (κ2) is 7.27. The molecule has 0 bridgehead atoms. The van der Waals surface area contributed by atoms with Gasteiger partial charge in [0, 0.05) is 31.0 Å². The molecule has 0 radical (unpaired) electrons. The Hall–Kier alpha value is -3.29. The lowest BCUT2D eigenvalue weighted by atomic mass is 10.1. The summed E-state index contributed by atoms with van der Waals surface area (Å²) in [6, 6.07) is 7.62. The van der Waals surface area contributed by atoms with Crippen LogP contribution in [0.2, 0.25) is 0 Å². The van der Waals surface area contributed by atoms with Crippen LogP contribution in [0.25, 0.3) is 11.0 Å². The van der Waals surface area contributed by atoms with Crippen molar-refractivity contribution in [3.8, 4) is 11.6 Å². The summed E-state index contributed by atoms with van der Waals surface area (Å²) in [6.07, 6.45) is 4.95. The largest absolute Gasteiger partial charge is 0.488 e. The number of rotatable bonds is 3. The molecule has 0 aliphatic carbocycles. The third-order valence-corrected chi connectivity index (χ3v) is 5.48. The first kappa shape index (κ1) is 17.8. The van der Waals surface area contributed by atoms with Crippen LogP contribution in [0.4, 0.5) is 11.5 Å².